The first kappa shape index (κ1) is 19.3. The van der Waals surface area contributed by atoms with E-state index in [9.17, 15) is 14.9 Å². The maximum absolute atomic E-state index is 12.7. The molecule has 0 atom stereocenters. The van der Waals surface area contributed by atoms with Crippen molar-refractivity contribution < 1.29 is 9.45 Å². The summed E-state index contributed by atoms with van der Waals surface area (Å²) in [5.41, 5.74) is 1.34. The van der Waals surface area contributed by atoms with E-state index in [1.807, 2.05) is 13.8 Å². The van der Waals surface area contributed by atoms with Crippen LogP contribution in [0.4, 0.5) is 5.69 Å². The van der Waals surface area contributed by atoms with Gasteiger partial charge < -0.3 is 4.52 Å². The Hall–Kier alpha value is -3.05. The number of nitrogens with zero attached hydrogens (tertiary/aromatic N) is 5. The molecule has 4 rings (SSSR count). The zero-order valence-corrected chi connectivity index (χ0v) is 17.3. The van der Waals surface area contributed by atoms with Crippen LogP contribution in [0.15, 0.2) is 38.7 Å². The molecule has 0 bridgehead atoms. The lowest BCUT2D eigenvalue weighted by atomic mass is 10.2. The molecule has 1 aromatic carbocycles. The Kier molecular flexibility index (Phi) is 4.92. The summed E-state index contributed by atoms with van der Waals surface area (Å²) in [6.07, 6.45) is 0. The van der Waals surface area contributed by atoms with Gasteiger partial charge >= 0.3 is 0 Å². The Morgan fingerprint density at radius 3 is 2.86 bits per heavy atom. The molecule has 4 aromatic rings. The van der Waals surface area contributed by atoms with Crippen molar-refractivity contribution in [3.05, 3.63) is 61.1 Å². The van der Waals surface area contributed by atoms with Crippen LogP contribution in [0.25, 0.3) is 21.6 Å². The second-order valence-corrected chi connectivity index (χ2v) is 8.48. The smallest absolute Gasteiger partial charge is 0.270 e. The largest absolute Gasteiger partial charge is 0.338 e. The number of aryl methyl sites for hydroxylation is 2. The lowest BCUT2D eigenvalue weighted by molar-refractivity contribution is -0.384. The summed E-state index contributed by atoms with van der Waals surface area (Å²) in [5.74, 6) is 0.923. The molecule has 3 heterocycles. The minimum atomic E-state index is -0.476. The number of benzene rings is 1. The third-order valence-electron chi connectivity index (χ3n) is 4.48. The number of nitro benzene ring substituents is 1. The lowest BCUT2D eigenvalue weighted by Crippen LogP contribution is -2.19. The van der Waals surface area contributed by atoms with E-state index in [-0.39, 0.29) is 17.1 Å². The number of hydrogen-bond donors (Lipinski definition) is 0. The first-order valence-electron chi connectivity index (χ1n) is 8.52. The Balaban J connectivity index is 1.58. The van der Waals surface area contributed by atoms with Crippen LogP contribution in [0.5, 0.6) is 0 Å². The van der Waals surface area contributed by atoms with Crippen molar-refractivity contribution in [1.82, 2.24) is 19.7 Å². The van der Waals surface area contributed by atoms with Crippen molar-refractivity contribution in [3.8, 4) is 11.4 Å². The van der Waals surface area contributed by atoms with Crippen LogP contribution in [0, 0.1) is 24.0 Å². The van der Waals surface area contributed by atoms with Crippen molar-refractivity contribution in [2.75, 3.05) is 0 Å². The lowest BCUT2D eigenvalue weighted by Gasteiger charge is -2.05. The number of thioether (sulfide) groups is 1. The van der Waals surface area contributed by atoms with Gasteiger partial charge in [-0.25, -0.2) is 4.98 Å². The molecule has 0 aliphatic carbocycles. The topological polar surface area (TPSA) is 117 Å². The van der Waals surface area contributed by atoms with Gasteiger partial charge in [0.15, 0.2) is 5.16 Å². The number of aromatic nitrogens is 4. The van der Waals surface area contributed by atoms with Gasteiger partial charge in [-0.15, -0.1) is 11.3 Å². The quantitative estimate of drug-likeness (QED) is 0.203. The van der Waals surface area contributed by atoms with Crippen LogP contribution in [-0.4, -0.2) is 24.6 Å². The van der Waals surface area contributed by atoms with Crippen molar-refractivity contribution in [1.29, 1.82) is 0 Å². The molecule has 0 aliphatic heterocycles. The number of rotatable bonds is 5. The predicted molar refractivity (Wildman–Crippen MR) is 110 cm³/mol. The maximum Gasteiger partial charge on any atom is 0.270 e. The third kappa shape index (κ3) is 3.54. The van der Waals surface area contributed by atoms with Crippen LogP contribution >= 0.6 is 23.1 Å². The summed E-state index contributed by atoms with van der Waals surface area (Å²) in [7, 11) is 1.69. The number of non-ortho nitro benzene ring substituents is 1. The molecule has 148 valence electrons. The van der Waals surface area contributed by atoms with E-state index >= 15 is 0 Å². The van der Waals surface area contributed by atoms with Crippen molar-refractivity contribution in [2.24, 2.45) is 7.05 Å². The summed E-state index contributed by atoms with van der Waals surface area (Å²) in [5, 5.41) is 16.0. The first-order valence-corrected chi connectivity index (χ1v) is 10.3. The van der Waals surface area contributed by atoms with E-state index in [2.05, 4.69) is 15.1 Å². The Bertz CT molecular complexity index is 1310. The fraction of sp³-hybridized carbons (Fsp3) is 0.222. The molecule has 29 heavy (non-hydrogen) atoms. The second-order valence-electron chi connectivity index (χ2n) is 6.33. The standard InChI is InChI=1S/C18H15N5O4S2/c1-9-10(2)29-16-14(9)17(24)22(3)18(20-16)28-8-13-19-15(21-27-13)11-5-4-6-12(7-11)23(25)26/h4-7H,8H2,1-3H3. The van der Waals surface area contributed by atoms with Gasteiger partial charge in [-0.05, 0) is 19.4 Å². The molecule has 0 spiro atoms. The summed E-state index contributed by atoms with van der Waals surface area (Å²) in [6, 6.07) is 6.03. The van der Waals surface area contributed by atoms with E-state index in [1.54, 1.807) is 19.2 Å². The summed E-state index contributed by atoms with van der Waals surface area (Å²) in [6.45, 7) is 3.90. The predicted octanol–water partition coefficient (Wildman–Crippen LogP) is 3.86. The Morgan fingerprint density at radius 1 is 1.31 bits per heavy atom. The molecule has 0 saturated heterocycles. The van der Waals surface area contributed by atoms with Crippen LogP contribution < -0.4 is 5.56 Å². The maximum atomic E-state index is 12.7. The molecule has 0 aliphatic rings. The molecule has 0 unspecified atom stereocenters. The van der Waals surface area contributed by atoms with E-state index < -0.39 is 4.92 Å². The van der Waals surface area contributed by atoms with Crippen molar-refractivity contribution >= 4 is 39.0 Å². The molecule has 0 saturated carbocycles. The van der Waals surface area contributed by atoms with Crippen LogP contribution in [0.2, 0.25) is 0 Å². The fourth-order valence-corrected chi connectivity index (χ4v) is 4.68. The molecule has 0 radical (unpaired) electrons. The van der Waals surface area contributed by atoms with Crippen LogP contribution in [-0.2, 0) is 12.8 Å². The number of hydrogen-bond acceptors (Lipinski definition) is 9. The van der Waals surface area contributed by atoms with E-state index in [4.69, 9.17) is 4.52 Å². The van der Waals surface area contributed by atoms with Gasteiger partial charge in [0.25, 0.3) is 11.2 Å². The monoisotopic (exact) mass is 429 g/mol. The Morgan fingerprint density at radius 2 is 2.10 bits per heavy atom. The average molecular weight is 429 g/mol. The highest BCUT2D eigenvalue weighted by Gasteiger charge is 2.17. The van der Waals surface area contributed by atoms with Gasteiger partial charge in [0.05, 0.1) is 16.1 Å². The highest BCUT2D eigenvalue weighted by atomic mass is 32.2. The van der Waals surface area contributed by atoms with Gasteiger partial charge in [0.1, 0.15) is 4.83 Å². The second kappa shape index (κ2) is 7.41. The Labute approximate surface area is 172 Å². The molecular formula is C18H15N5O4S2. The van der Waals surface area contributed by atoms with Crippen LogP contribution in [0.1, 0.15) is 16.3 Å². The van der Waals surface area contributed by atoms with Gasteiger partial charge in [-0.3, -0.25) is 19.5 Å². The normalized spacial score (nSPS) is 11.3. The first-order chi connectivity index (χ1) is 13.8. The zero-order valence-electron chi connectivity index (χ0n) is 15.7. The van der Waals surface area contributed by atoms with Crippen molar-refractivity contribution in [2.45, 2.75) is 24.8 Å². The van der Waals surface area contributed by atoms with E-state index in [1.165, 1.54) is 39.8 Å². The summed E-state index contributed by atoms with van der Waals surface area (Å²) in [4.78, 5) is 33.8. The molecule has 9 nitrogen and oxygen atoms in total. The van der Waals surface area contributed by atoms with Crippen LogP contribution in [0.3, 0.4) is 0 Å². The molecule has 3 aromatic heterocycles. The summed E-state index contributed by atoms with van der Waals surface area (Å²) < 4.78 is 6.78. The highest BCUT2D eigenvalue weighted by Crippen LogP contribution is 2.29. The number of thiophene rings is 1. The third-order valence-corrected chi connectivity index (χ3v) is 6.59. The van der Waals surface area contributed by atoms with Crippen molar-refractivity contribution in [3.63, 3.8) is 0 Å². The number of nitro groups is 1. The van der Waals surface area contributed by atoms with Gasteiger partial charge in [0.2, 0.25) is 11.7 Å². The molecule has 0 N–H and O–H groups in total. The number of fused-ring (bicyclic) bond motifs is 1. The minimum absolute atomic E-state index is 0.0442. The summed E-state index contributed by atoms with van der Waals surface area (Å²) >= 11 is 2.81. The molecule has 11 heteroatoms. The van der Waals surface area contributed by atoms with E-state index in [0.717, 1.165) is 10.4 Å². The average Bonchev–Trinajstić information content (AvgIpc) is 3.28. The van der Waals surface area contributed by atoms with E-state index in [0.29, 0.717) is 32.6 Å². The molecule has 0 amide bonds. The highest BCUT2D eigenvalue weighted by molar-refractivity contribution is 7.98. The minimum Gasteiger partial charge on any atom is -0.338 e. The molecule has 0 fully saturated rings. The van der Waals surface area contributed by atoms with Gasteiger partial charge in [-0.1, -0.05) is 29.1 Å². The zero-order chi connectivity index (χ0) is 20.7. The SMILES string of the molecule is Cc1sc2nc(SCc3nc(-c4cccc([N+](=O)[O-])c4)no3)n(C)c(=O)c2c1C. The van der Waals surface area contributed by atoms with Gasteiger partial charge in [0, 0.05) is 29.6 Å². The fourth-order valence-electron chi connectivity index (χ4n) is 2.80. The van der Waals surface area contributed by atoms with Gasteiger partial charge in [-0.2, -0.15) is 4.98 Å². The molecular weight excluding hydrogens is 414 g/mol.